The second-order valence-electron chi connectivity index (χ2n) is 5.02. The highest BCUT2D eigenvalue weighted by Gasteiger charge is 2.25. The molecule has 1 aromatic heterocycles. The first-order chi connectivity index (χ1) is 8.33. The van der Waals surface area contributed by atoms with Gasteiger partial charge in [0.15, 0.2) is 0 Å². The molecule has 1 aliphatic carbocycles. The van der Waals surface area contributed by atoms with Crippen molar-refractivity contribution < 1.29 is 4.79 Å². The fraction of sp³-hybridized carbons (Fsp3) is 0.667. The number of carbonyl (C=O) groups excluding carboxylic acids is 1. The molecule has 0 radical (unpaired) electrons. The van der Waals surface area contributed by atoms with Gasteiger partial charge in [0.1, 0.15) is 5.82 Å². The van der Waals surface area contributed by atoms with Crippen molar-refractivity contribution in [1.82, 2.24) is 15.1 Å². The number of amides is 1. The Hall–Kier alpha value is -1.36. The molecule has 2 fully saturated rings. The normalized spacial score (nSPS) is 23.9. The van der Waals surface area contributed by atoms with E-state index in [-0.39, 0.29) is 11.8 Å². The Kier molecular flexibility index (Phi) is 2.84. The Labute approximate surface area is 101 Å². The number of carbonyl (C=O) groups is 1. The summed E-state index contributed by atoms with van der Waals surface area (Å²) in [6, 6.07) is 1.88. The van der Waals surface area contributed by atoms with Crippen LogP contribution in [0.25, 0.3) is 0 Å². The molecule has 0 aromatic carbocycles. The summed E-state index contributed by atoms with van der Waals surface area (Å²) in [6.07, 6.45) is 5.27. The van der Waals surface area contributed by atoms with Gasteiger partial charge >= 0.3 is 0 Å². The van der Waals surface area contributed by atoms with Crippen molar-refractivity contribution in [3.63, 3.8) is 0 Å². The van der Waals surface area contributed by atoms with Gasteiger partial charge in [0, 0.05) is 19.2 Å². The van der Waals surface area contributed by atoms with Crippen molar-refractivity contribution >= 4 is 11.7 Å². The van der Waals surface area contributed by atoms with Crippen molar-refractivity contribution in [2.24, 2.45) is 11.8 Å². The lowest BCUT2D eigenvalue weighted by Gasteiger charge is -2.11. The predicted octanol–water partition coefficient (Wildman–Crippen LogP) is 0.841. The Morgan fingerprint density at radius 3 is 3.12 bits per heavy atom. The van der Waals surface area contributed by atoms with Gasteiger partial charge in [0.25, 0.3) is 0 Å². The van der Waals surface area contributed by atoms with Gasteiger partial charge in [-0.2, -0.15) is 5.10 Å². The molecule has 1 atom stereocenters. The number of aromatic nitrogens is 2. The second kappa shape index (κ2) is 4.49. The molecule has 1 amide bonds. The van der Waals surface area contributed by atoms with Crippen LogP contribution in [0.1, 0.15) is 19.3 Å². The van der Waals surface area contributed by atoms with Gasteiger partial charge in [-0.25, -0.2) is 4.68 Å². The fourth-order valence-corrected chi connectivity index (χ4v) is 2.24. The van der Waals surface area contributed by atoms with Gasteiger partial charge in [0.2, 0.25) is 5.91 Å². The first-order valence-corrected chi connectivity index (χ1v) is 6.36. The maximum absolute atomic E-state index is 12.0. The molecule has 0 unspecified atom stereocenters. The predicted molar refractivity (Wildman–Crippen MR) is 64.6 cm³/mol. The van der Waals surface area contributed by atoms with Crippen molar-refractivity contribution in [3.05, 3.63) is 12.3 Å². The zero-order valence-corrected chi connectivity index (χ0v) is 9.85. The van der Waals surface area contributed by atoms with E-state index in [0.29, 0.717) is 0 Å². The van der Waals surface area contributed by atoms with Crippen molar-refractivity contribution in [1.29, 1.82) is 0 Å². The number of hydrogen-bond acceptors (Lipinski definition) is 3. The standard InChI is InChI=1S/C12H18N4O/c17-12(10-3-5-13-7-10)15-11-4-6-14-16(11)8-9-1-2-9/h4,6,9-10,13H,1-3,5,7-8H2,(H,15,17)/t10-/m1/s1. The van der Waals surface area contributed by atoms with Crippen LogP contribution in [-0.2, 0) is 11.3 Å². The summed E-state index contributed by atoms with van der Waals surface area (Å²) in [6.45, 7) is 2.67. The van der Waals surface area contributed by atoms with E-state index in [0.717, 1.165) is 37.8 Å². The van der Waals surface area contributed by atoms with Crippen molar-refractivity contribution in [2.45, 2.75) is 25.8 Å². The lowest BCUT2D eigenvalue weighted by Crippen LogP contribution is -2.26. The lowest BCUT2D eigenvalue weighted by atomic mass is 10.1. The molecular weight excluding hydrogens is 216 g/mol. The molecule has 0 bridgehead atoms. The minimum Gasteiger partial charge on any atom is -0.316 e. The van der Waals surface area contributed by atoms with E-state index in [9.17, 15) is 4.79 Å². The Bertz CT molecular complexity index is 404. The van der Waals surface area contributed by atoms with E-state index in [4.69, 9.17) is 0 Å². The molecule has 2 heterocycles. The fourth-order valence-electron chi connectivity index (χ4n) is 2.24. The highest BCUT2D eigenvalue weighted by molar-refractivity contribution is 5.92. The van der Waals surface area contributed by atoms with Crippen molar-refractivity contribution in [2.75, 3.05) is 18.4 Å². The third-order valence-corrected chi connectivity index (χ3v) is 3.53. The highest BCUT2D eigenvalue weighted by atomic mass is 16.2. The quantitative estimate of drug-likeness (QED) is 0.811. The third-order valence-electron chi connectivity index (χ3n) is 3.53. The van der Waals surface area contributed by atoms with E-state index >= 15 is 0 Å². The summed E-state index contributed by atoms with van der Waals surface area (Å²) in [5.74, 6) is 1.83. The number of nitrogens with one attached hydrogen (secondary N) is 2. The molecule has 92 valence electrons. The molecule has 1 aliphatic heterocycles. The summed E-state index contributed by atoms with van der Waals surface area (Å²) in [7, 11) is 0. The Balaban J connectivity index is 1.62. The zero-order valence-electron chi connectivity index (χ0n) is 9.85. The van der Waals surface area contributed by atoms with Gasteiger partial charge in [-0.15, -0.1) is 0 Å². The molecule has 1 saturated heterocycles. The summed E-state index contributed by atoms with van der Waals surface area (Å²) in [5, 5.41) is 10.5. The summed E-state index contributed by atoms with van der Waals surface area (Å²) < 4.78 is 1.91. The van der Waals surface area contributed by atoms with Crippen LogP contribution >= 0.6 is 0 Å². The van der Waals surface area contributed by atoms with Crippen LogP contribution in [0.4, 0.5) is 5.82 Å². The number of hydrogen-bond donors (Lipinski definition) is 2. The second-order valence-corrected chi connectivity index (χ2v) is 5.02. The topological polar surface area (TPSA) is 59.0 Å². The van der Waals surface area contributed by atoms with Crippen molar-refractivity contribution in [3.8, 4) is 0 Å². The largest absolute Gasteiger partial charge is 0.316 e. The van der Waals surface area contributed by atoms with Crippen LogP contribution in [-0.4, -0.2) is 28.8 Å². The van der Waals surface area contributed by atoms with Gasteiger partial charge in [-0.3, -0.25) is 4.79 Å². The number of rotatable bonds is 4. The molecule has 1 saturated carbocycles. The van der Waals surface area contributed by atoms with Gasteiger partial charge in [-0.1, -0.05) is 0 Å². The Morgan fingerprint density at radius 1 is 1.53 bits per heavy atom. The first kappa shape index (κ1) is 10.8. The monoisotopic (exact) mass is 234 g/mol. The van der Waals surface area contributed by atoms with Crippen LogP contribution in [0, 0.1) is 11.8 Å². The molecule has 5 heteroatoms. The van der Waals surface area contributed by atoms with E-state index < -0.39 is 0 Å². The smallest absolute Gasteiger partial charge is 0.229 e. The lowest BCUT2D eigenvalue weighted by molar-refractivity contribution is -0.119. The van der Waals surface area contributed by atoms with Crippen LogP contribution < -0.4 is 10.6 Å². The Morgan fingerprint density at radius 2 is 2.41 bits per heavy atom. The number of anilines is 1. The zero-order chi connectivity index (χ0) is 11.7. The molecule has 17 heavy (non-hydrogen) atoms. The maximum atomic E-state index is 12.0. The van der Waals surface area contributed by atoms with Gasteiger partial charge in [-0.05, 0) is 31.7 Å². The molecule has 0 spiro atoms. The molecular formula is C12H18N4O. The molecule has 2 aliphatic rings. The van der Waals surface area contributed by atoms with E-state index in [1.807, 2.05) is 10.7 Å². The third kappa shape index (κ3) is 2.49. The van der Waals surface area contributed by atoms with Gasteiger partial charge < -0.3 is 10.6 Å². The molecule has 3 rings (SSSR count). The average molecular weight is 234 g/mol. The van der Waals surface area contributed by atoms with Crippen LogP contribution in [0.5, 0.6) is 0 Å². The van der Waals surface area contributed by atoms with Gasteiger partial charge in [0.05, 0.1) is 12.1 Å². The van der Waals surface area contributed by atoms with E-state index in [1.54, 1.807) is 6.20 Å². The molecule has 2 N–H and O–H groups in total. The average Bonchev–Trinajstić information content (AvgIpc) is 2.81. The summed E-state index contributed by atoms with van der Waals surface area (Å²) >= 11 is 0. The van der Waals surface area contributed by atoms with Crippen LogP contribution in [0.15, 0.2) is 12.3 Å². The first-order valence-electron chi connectivity index (χ1n) is 6.36. The van der Waals surface area contributed by atoms with E-state index in [1.165, 1.54) is 12.8 Å². The van der Waals surface area contributed by atoms with Crippen LogP contribution in [0.2, 0.25) is 0 Å². The number of nitrogens with zero attached hydrogens (tertiary/aromatic N) is 2. The highest BCUT2D eigenvalue weighted by Crippen LogP contribution is 2.31. The summed E-state index contributed by atoms with van der Waals surface area (Å²) in [4.78, 5) is 12.0. The van der Waals surface area contributed by atoms with Crippen LogP contribution in [0.3, 0.4) is 0 Å². The van der Waals surface area contributed by atoms with E-state index in [2.05, 4.69) is 15.7 Å². The minimum absolute atomic E-state index is 0.110. The SMILES string of the molecule is O=C(Nc1ccnn1CC1CC1)[C@@H]1CCNC1. The minimum atomic E-state index is 0.110. The summed E-state index contributed by atoms with van der Waals surface area (Å²) in [5.41, 5.74) is 0. The molecule has 1 aromatic rings. The molecule has 5 nitrogen and oxygen atoms in total. The maximum Gasteiger partial charge on any atom is 0.229 e.